The lowest BCUT2D eigenvalue weighted by Crippen LogP contribution is -2.30. The summed E-state index contributed by atoms with van der Waals surface area (Å²) in [4.78, 5) is 2.24. The molecule has 1 fully saturated rings. The molecule has 2 nitrogen and oxygen atoms in total. The molecule has 1 saturated heterocycles. The summed E-state index contributed by atoms with van der Waals surface area (Å²) >= 11 is 0. The van der Waals surface area contributed by atoms with Gasteiger partial charge in [0.1, 0.15) is 0 Å². The summed E-state index contributed by atoms with van der Waals surface area (Å²) in [5.41, 5.74) is 0.674. The summed E-state index contributed by atoms with van der Waals surface area (Å²) in [5, 5.41) is 8.58. The summed E-state index contributed by atoms with van der Waals surface area (Å²) in [7, 11) is 0. The van der Waals surface area contributed by atoms with Crippen LogP contribution in [-0.2, 0) is 0 Å². The van der Waals surface area contributed by atoms with Crippen molar-refractivity contribution in [3.63, 3.8) is 0 Å². The average Bonchev–Trinajstić information content (AvgIpc) is 2.02. The third-order valence-electron chi connectivity index (χ3n) is 3.36. The molecule has 0 aliphatic carbocycles. The fourth-order valence-corrected chi connectivity index (χ4v) is 1.81. The predicted octanol–water partition coefficient (Wildman–Crippen LogP) is 1.88. The zero-order valence-electron chi connectivity index (χ0n) is 8.52. The van der Waals surface area contributed by atoms with Crippen molar-refractivity contribution in [2.75, 3.05) is 19.6 Å². The molecule has 0 bridgehead atoms. The summed E-state index contributed by atoms with van der Waals surface area (Å²) in [6.45, 7) is 11.8. The molecular formula is C10H18N2. The van der Waals surface area contributed by atoms with Crippen LogP contribution in [0.3, 0.4) is 0 Å². The molecule has 0 aromatic heterocycles. The van der Waals surface area contributed by atoms with E-state index in [-0.39, 0.29) is 0 Å². The van der Waals surface area contributed by atoms with Gasteiger partial charge in [0.2, 0.25) is 0 Å². The van der Waals surface area contributed by atoms with Gasteiger partial charge in [-0.15, -0.1) is 0 Å². The fraction of sp³-hybridized carbons (Fsp3) is 0.900. The highest BCUT2D eigenvalue weighted by Crippen LogP contribution is 2.44. The van der Waals surface area contributed by atoms with Gasteiger partial charge >= 0.3 is 0 Å². The van der Waals surface area contributed by atoms with Gasteiger partial charge in [-0.25, -0.2) is 0 Å². The van der Waals surface area contributed by atoms with Crippen LogP contribution in [0.1, 0.15) is 27.7 Å². The van der Waals surface area contributed by atoms with Gasteiger partial charge < -0.3 is 0 Å². The van der Waals surface area contributed by atoms with E-state index in [9.17, 15) is 0 Å². The molecule has 0 N–H and O–H groups in total. The minimum Gasteiger partial charge on any atom is -0.289 e. The van der Waals surface area contributed by atoms with Crippen LogP contribution < -0.4 is 0 Å². The monoisotopic (exact) mass is 166 g/mol. The Kier molecular flexibility index (Phi) is 2.18. The highest BCUT2D eigenvalue weighted by molar-refractivity contribution is 4.98. The largest absolute Gasteiger partial charge is 0.289 e. The lowest BCUT2D eigenvalue weighted by molar-refractivity contribution is 0.184. The van der Waals surface area contributed by atoms with Crippen molar-refractivity contribution in [3.8, 4) is 6.07 Å². The third-order valence-corrected chi connectivity index (χ3v) is 3.36. The molecule has 1 aliphatic rings. The van der Waals surface area contributed by atoms with E-state index in [1.807, 2.05) is 0 Å². The van der Waals surface area contributed by atoms with E-state index in [0.717, 1.165) is 13.1 Å². The Labute approximate surface area is 75.2 Å². The van der Waals surface area contributed by atoms with Gasteiger partial charge in [0, 0.05) is 13.1 Å². The molecule has 2 heteroatoms. The molecule has 0 aromatic rings. The second-order valence-corrected chi connectivity index (χ2v) is 5.07. The first kappa shape index (κ1) is 9.54. The molecule has 0 radical (unpaired) electrons. The zero-order chi connectivity index (χ0) is 9.41. The van der Waals surface area contributed by atoms with E-state index in [1.165, 1.54) is 0 Å². The Morgan fingerprint density at radius 1 is 1.17 bits per heavy atom. The van der Waals surface area contributed by atoms with E-state index in [2.05, 4.69) is 38.7 Å². The molecule has 0 atom stereocenters. The first-order valence-electron chi connectivity index (χ1n) is 4.48. The summed E-state index contributed by atoms with van der Waals surface area (Å²) in [5.74, 6) is 0. The van der Waals surface area contributed by atoms with Crippen LogP contribution in [0.25, 0.3) is 0 Å². The molecule has 0 unspecified atom stereocenters. The van der Waals surface area contributed by atoms with Gasteiger partial charge in [0.05, 0.1) is 12.6 Å². The third kappa shape index (κ3) is 1.47. The Morgan fingerprint density at radius 2 is 1.58 bits per heavy atom. The van der Waals surface area contributed by atoms with Crippen LogP contribution in [0.4, 0.5) is 0 Å². The van der Waals surface area contributed by atoms with Gasteiger partial charge in [-0.2, -0.15) is 5.26 Å². The molecule has 0 aromatic carbocycles. The van der Waals surface area contributed by atoms with Crippen LogP contribution in [0.15, 0.2) is 0 Å². The van der Waals surface area contributed by atoms with Gasteiger partial charge in [-0.1, -0.05) is 27.7 Å². The number of hydrogen-bond acceptors (Lipinski definition) is 2. The standard InChI is InChI=1S/C10H18N2/c1-9(2)7-12(6-5-11)8-10(9,3)4/h6-8H2,1-4H3. The molecule has 12 heavy (non-hydrogen) atoms. The highest BCUT2D eigenvalue weighted by Gasteiger charge is 2.44. The van der Waals surface area contributed by atoms with Crippen molar-refractivity contribution in [2.24, 2.45) is 10.8 Å². The van der Waals surface area contributed by atoms with Gasteiger partial charge in [0.25, 0.3) is 0 Å². The molecule has 1 rings (SSSR count). The lowest BCUT2D eigenvalue weighted by Gasteiger charge is -2.33. The van der Waals surface area contributed by atoms with Crippen molar-refractivity contribution < 1.29 is 0 Å². The SMILES string of the molecule is CC1(C)CN(CC#N)CC1(C)C. The van der Waals surface area contributed by atoms with E-state index >= 15 is 0 Å². The molecule has 0 amide bonds. The van der Waals surface area contributed by atoms with Crippen molar-refractivity contribution in [1.29, 1.82) is 5.26 Å². The number of likely N-dealkylation sites (tertiary alicyclic amines) is 1. The van der Waals surface area contributed by atoms with Crippen LogP contribution in [-0.4, -0.2) is 24.5 Å². The van der Waals surface area contributed by atoms with E-state index in [0.29, 0.717) is 17.4 Å². The zero-order valence-corrected chi connectivity index (χ0v) is 8.52. The smallest absolute Gasteiger partial charge is 0.0866 e. The van der Waals surface area contributed by atoms with Crippen molar-refractivity contribution in [3.05, 3.63) is 0 Å². The van der Waals surface area contributed by atoms with E-state index < -0.39 is 0 Å². The quantitative estimate of drug-likeness (QED) is 0.556. The maximum absolute atomic E-state index is 8.58. The molecule has 1 aliphatic heterocycles. The molecule has 0 saturated carbocycles. The Hall–Kier alpha value is -0.550. The first-order chi connectivity index (χ1) is 5.39. The fourth-order valence-electron chi connectivity index (χ4n) is 1.81. The highest BCUT2D eigenvalue weighted by atomic mass is 15.2. The summed E-state index contributed by atoms with van der Waals surface area (Å²) < 4.78 is 0. The first-order valence-corrected chi connectivity index (χ1v) is 4.48. The van der Waals surface area contributed by atoms with E-state index in [1.54, 1.807) is 0 Å². The van der Waals surface area contributed by atoms with Gasteiger partial charge in [0.15, 0.2) is 0 Å². The summed E-state index contributed by atoms with van der Waals surface area (Å²) in [6, 6.07) is 2.21. The number of rotatable bonds is 1. The molecule has 68 valence electrons. The maximum Gasteiger partial charge on any atom is 0.0866 e. The molecule has 1 heterocycles. The minimum atomic E-state index is 0.337. The normalized spacial score (nSPS) is 26.9. The Morgan fingerprint density at radius 3 is 1.92 bits per heavy atom. The second kappa shape index (κ2) is 2.74. The topological polar surface area (TPSA) is 27.0 Å². The van der Waals surface area contributed by atoms with Crippen LogP contribution in [0.5, 0.6) is 0 Å². The second-order valence-electron chi connectivity index (χ2n) is 5.07. The summed E-state index contributed by atoms with van der Waals surface area (Å²) in [6.07, 6.45) is 0. The van der Waals surface area contributed by atoms with Crippen molar-refractivity contribution in [1.82, 2.24) is 4.90 Å². The number of nitrogens with zero attached hydrogens (tertiary/aromatic N) is 2. The number of nitriles is 1. The predicted molar refractivity (Wildman–Crippen MR) is 49.6 cm³/mol. The average molecular weight is 166 g/mol. The van der Waals surface area contributed by atoms with E-state index in [4.69, 9.17) is 5.26 Å². The molecule has 0 spiro atoms. The Balaban J connectivity index is 2.69. The van der Waals surface area contributed by atoms with Gasteiger partial charge in [-0.3, -0.25) is 4.90 Å². The Bertz CT molecular complexity index is 194. The van der Waals surface area contributed by atoms with Crippen LogP contribution >= 0.6 is 0 Å². The van der Waals surface area contributed by atoms with Crippen LogP contribution in [0, 0.1) is 22.2 Å². The minimum absolute atomic E-state index is 0.337. The lowest BCUT2D eigenvalue weighted by atomic mass is 9.71. The van der Waals surface area contributed by atoms with Crippen LogP contribution in [0.2, 0.25) is 0 Å². The van der Waals surface area contributed by atoms with Crippen molar-refractivity contribution >= 4 is 0 Å². The molecular weight excluding hydrogens is 148 g/mol. The number of hydrogen-bond donors (Lipinski definition) is 0. The maximum atomic E-state index is 8.58. The van der Waals surface area contributed by atoms with Crippen molar-refractivity contribution in [2.45, 2.75) is 27.7 Å². The van der Waals surface area contributed by atoms with Gasteiger partial charge in [-0.05, 0) is 10.8 Å².